The lowest BCUT2D eigenvalue weighted by molar-refractivity contribution is -0.143. The van der Waals surface area contributed by atoms with E-state index in [4.69, 9.17) is 9.47 Å². The molecule has 1 saturated heterocycles. The minimum Gasteiger partial charge on any atom is -0.497 e. The van der Waals surface area contributed by atoms with E-state index in [9.17, 15) is 9.59 Å². The van der Waals surface area contributed by atoms with Crippen LogP contribution in [0.5, 0.6) is 11.5 Å². The summed E-state index contributed by atoms with van der Waals surface area (Å²) < 4.78 is 10.8. The number of rotatable bonds is 4. The van der Waals surface area contributed by atoms with Gasteiger partial charge in [-0.2, -0.15) is 0 Å². The summed E-state index contributed by atoms with van der Waals surface area (Å²) in [5.74, 6) is 1.37. The third-order valence-corrected chi connectivity index (χ3v) is 3.76. The lowest BCUT2D eigenvalue weighted by Crippen LogP contribution is -2.52. The Morgan fingerprint density at radius 1 is 1.00 bits per heavy atom. The van der Waals surface area contributed by atoms with Crippen molar-refractivity contribution in [3.63, 3.8) is 0 Å². The van der Waals surface area contributed by atoms with E-state index in [2.05, 4.69) is 0 Å². The fourth-order valence-electron chi connectivity index (χ4n) is 2.41. The van der Waals surface area contributed by atoms with Gasteiger partial charge in [0.2, 0.25) is 5.91 Å². The molecule has 1 aromatic carbocycles. The van der Waals surface area contributed by atoms with Crippen molar-refractivity contribution < 1.29 is 19.1 Å². The van der Waals surface area contributed by atoms with E-state index in [-0.39, 0.29) is 11.8 Å². The Hall–Kier alpha value is -2.24. The molecule has 6 nitrogen and oxygen atoms in total. The quantitative estimate of drug-likeness (QED) is 0.837. The summed E-state index contributed by atoms with van der Waals surface area (Å²) in [4.78, 5) is 27.2. The molecule has 0 spiro atoms. The fraction of sp³-hybridized carbons (Fsp3) is 0.500. The van der Waals surface area contributed by atoms with Crippen LogP contribution in [0.25, 0.3) is 0 Å². The van der Waals surface area contributed by atoms with Crippen molar-refractivity contribution in [1.82, 2.24) is 9.80 Å². The number of hydrogen-bond donors (Lipinski definition) is 0. The highest BCUT2D eigenvalue weighted by molar-refractivity contribution is 5.81. The third kappa shape index (κ3) is 3.90. The first-order chi connectivity index (χ1) is 10.5. The van der Waals surface area contributed by atoms with Gasteiger partial charge in [-0.25, -0.2) is 0 Å². The number of carbonyl (C=O) groups is 2. The summed E-state index contributed by atoms with van der Waals surface area (Å²) in [5.41, 5.74) is 0. The molecule has 1 heterocycles. The van der Waals surface area contributed by atoms with Crippen LogP contribution in [0.1, 0.15) is 13.8 Å². The van der Waals surface area contributed by atoms with Crippen molar-refractivity contribution in [1.29, 1.82) is 0 Å². The SMILES string of the molecule is COc1ccc(OC(C)C(=O)N2CCN(C(C)=O)CC2)cc1. The van der Waals surface area contributed by atoms with E-state index in [1.807, 2.05) is 0 Å². The first-order valence-corrected chi connectivity index (χ1v) is 7.36. The molecule has 1 aliphatic rings. The zero-order valence-electron chi connectivity index (χ0n) is 13.2. The average Bonchev–Trinajstić information content (AvgIpc) is 2.55. The van der Waals surface area contributed by atoms with Gasteiger partial charge in [-0.15, -0.1) is 0 Å². The summed E-state index contributed by atoms with van der Waals surface area (Å²) in [5, 5.41) is 0. The van der Waals surface area contributed by atoms with Crippen LogP contribution in [0.3, 0.4) is 0 Å². The number of piperazine rings is 1. The minimum absolute atomic E-state index is 0.0506. The lowest BCUT2D eigenvalue weighted by Gasteiger charge is -2.35. The van der Waals surface area contributed by atoms with Gasteiger partial charge in [0, 0.05) is 33.1 Å². The Kier molecular flexibility index (Phi) is 5.25. The largest absolute Gasteiger partial charge is 0.497 e. The van der Waals surface area contributed by atoms with Gasteiger partial charge >= 0.3 is 0 Å². The molecule has 0 bridgehead atoms. The molecule has 1 unspecified atom stereocenters. The van der Waals surface area contributed by atoms with Crippen molar-refractivity contribution in [3.05, 3.63) is 24.3 Å². The fourth-order valence-corrected chi connectivity index (χ4v) is 2.41. The maximum absolute atomic E-state index is 12.4. The van der Waals surface area contributed by atoms with Crippen molar-refractivity contribution >= 4 is 11.8 Å². The standard InChI is InChI=1S/C16H22N2O4/c1-12(22-15-6-4-14(21-3)5-7-15)16(20)18-10-8-17(9-11-18)13(2)19/h4-7,12H,8-11H2,1-3H3. The Balaban J connectivity index is 1.88. The molecule has 0 saturated carbocycles. The second-order valence-electron chi connectivity index (χ2n) is 5.27. The number of ether oxygens (including phenoxy) is 2. The maximum atomic E-state index is 12.4. The Morgan fingerprint density at radius 3 is 2.00 bits per heavy atom. The molecular weight excluding hydrogens is 284 g/mol. The Labute approximate surface area is 130 Å². The maximum Gasteiger partial charge on any atom is 0.263 e. The second kappa shape index (κ2) is 7.15. The van der Waals surface area contributed by atoms with Crippen LogP contribution in [-0.2, 0) is 9.59 Å². The van der Waals surface area contributed by atoms with Crippen molar-refractivity contribution in [2.75, 3.05) is 33.3 Å². The van der Waals surface area contributed by atoms with Crippen LogP contribution < -0.4 is 9.47 Å². The molecule has 0 aromatic heterocycles. The van der Waals surface area contributed by atoms with Gasteiger partial charge in [-0.05, 0) is 31.2 Å². The topological polar surface area (TPSA) is 59.1 Å². The Bertz CT molecular complexity index is 521. The van der Waals surface area contributed by atoms with Gasteiger partial charge in [-0.1, -0.05) is 0 Å². The summed E-state index contributed by atoms with van der Waals surface area (Å²) in [6.45, 7) is 5.55. The number of methoxy groups -OCH3 is 1. The van der Waals surface area contributed by atoms with E-state index in [0.717, 1.165) is 5.75 Å². The number of amides is 2. The molecule has 120 valence electrons. The summed E-state index contributed by atoms with van der Waals surface area (Å²) in [7, 11) is 1.60. The van der Waals surface area contributed by atoms with Gasteiger partial charge in [0.25, 0.3) is 5.91 Å². The highest BCUT2D eigenvalue weighted by Gasteiger charge is 2.26. The second-order valence-corrected chi connectivity index (χ2v) is 5.27. The lowest BCUT2D eigenvalue weighted by atomic mass is 10.2. The van der Waals surface area contributed by atoms with Crippen LogP contribution in [0, 0.1) is 0 Å². The summed E-state index contributed by atoms with van der Waals surface area (Å²) in [6, 6.07) is 7.13. The number of nitrogens with zero attached hydrogens (tertiary/aromatic N) is 2. The zero-order chi connectivity index (χ0) is 16.1. The molecule has 2 rings (SSSR count). The number of hydrogen-bond acceptors (Lipinski definition) is 4. The molecular formula is C16H22N2O4. The van der Waals surface area contributed by atoms with Crippen molar-refractivity contribution in [2.24, 2.45) is 0 Å². The molecule has 1 aromatic rings. The highest BCUT2D eigenvalue weighted by atomic mass is 16.5. The molecule has 1 atom stereocenters. The van der Waals surface area contributed by atoms with Gasteiger partial charge in [0.05, 0.1) is 7.11 Å². The van der Waals surface area contributed by atoms with Crippen molar-refractivity contribution in [3.8, 4) is 11.5 Å². The van der Waals surface area contributed by atoms with Crippen LogP contribution >= 0.6 is 0 Å². The molecule has 0 aliphatic carbocycles. The van der Waals surface area contributed by atoms with E-state index in [1.165, 1.54) is 0 Å². The van der Waals surface area contributed by atoms with Crippen LogP contribution in [0.4, 0.5) is 0 Å². The molecule has 0 radical (unpaired) electrons. The Morgan fingerprint density at radius 2 is 1.50 bits per heavy atom. The van der Waals surface area contributed by atoms with Gasteiger partial charge in [0.1, 0.15) is 11.5 Å². The normalized spacial score (nSPS) is 16.1. The van der Waals surface area contributed by atoms with Crippen LogP contribution in [0.15, 0.2) is 24.3 Å². The van der Waals surface area contributed by atoms with E-state index in [1.54, 1.807) is 55.0 Å². The molecule has 22 heavy (non-hydrogen) atoms. The molecule has 6 heteroatoms. The monoisotopic (exact) mass is 306 g/mol. The highest BCUT2D eigenvalue weighted by Crippen LogP contribution is 2.19. The third-order valence-electron chi connectivity index (χ3n) is 3.76. The predicted octanol–water partition coefficient (Wildman–Crippen LogP) is 1.15. The van der Waals surface area contributed by atoms with Crippen molar-refractivity contribution in [2.45, 2.75) is 20.0 Å². The van der Waals surface area contributed by atoms with Crippen LogP contribution in [-0.4, -0.2) is 61.0 Å². The summed E-state index contributed by atoms with van der Waals surface area (Å²) in [6.07, 6.45) is -0.558. The van der Waals surface area contributed by atoms with Gasteiger partial charge < -0.3 is 19.3 Å². The van der Waals surface area contributed by atoms with E-state index in [0.29, 0.717) is 31.9 Å². The van der Waals surface area contributed by atoms with Gasteiger partial charge in [0.15, 0.2) is 6.10 Å². The zero-order valence-corrected chi connectivity index (χ0v) is 13.2. The smallest absolute Gasteiger partial charge is 0.263 e. The van der Waals surface area contributed by atoms with E-state index >= 15 is 0 Å². The summed E-state index contributed by atoms with van der Waals surface area (Å²) >= 11 is 0. The first-order valence-electron chi connectivity index (χ1n) is 7.36. The molecule has 0 N–H and O–H groups in total. The molecule has 1 aliphatic heterocycles. The van der Waals surface area contributed by atoms with Gasteiger partial charge in [-0.3, -0.25) is 9.59 Å². The van der Waals surface area contributed by atoms with E-state index < -0.39 is 6.10 Å². The molecule has 1 fully saturated rings. The minimum atomic E-state index is -0.558. The number of benzene rings is 1. The number of carbonyl (C=O) groups excluding carboxylic acids is 2. The first kappa shape index (κ1) is 16.1. The average molecular weight is 306 g/mol. The molecule has 2 amide bonds. The van der Waals surface area contributed by atoms with Crippen LogP contribution in [0.2, 0.25) is 0 Å². The predicted molar refractivity (Wildman–Crippen MR) is 81.9 cm³/mol.